The average Bonchev–Trinajstić information content (AvgIpc) is 2.61. The Morgan fingerprint density at radius 3 is 2.83 bits per heavy atom. The van der Waals surface area contributed by atoms with Crippen LogP contribution in [0.3, 0.4) is 0 Å². The first kappa shape index (κ1) is 17.1. The second kappa shape index (κ2) is 7.00. The molecule has 1 aliphatic heterocycles. The van der Waals surface area contributed by atoms with Gasteiger partial charge >= 0.3 is 0 Å². The first-order valence-electron chi connectivity index (χ1n) is 8.68. The van der Waals surface area contributed by atoms with Crippen LogP contribution in [0.4, 0.5) is 0 Å². The summed E-state index contributed by atoms with van der Waals surface area (Å²) in [4.78, 5) is 2.19. The lowest BCUT2D eigenvalue weighted by molar-refractivity contribution is -0.122. The van der Waals surface area contributed by atoms with Crippen LogP contribution in [-0.4, -0.2) is 42.9 Å². The molecule has 0 bridgehead atoms. The number of likely N-dealkylation sites (tertiary alicyclic amines) is 1. The Labute approximate surface area is 143 Å². The minimum atomic E-state index is -0.625. The van der Waals surface area contributed by atoms with E-state index in [4.69, 9.17) is 9.47 Å². The van der Waals surface area contributed by atoms with E-state index in [0.717, 1.165) is 55.7 Å². The van der Waals surface area contributed by atoms with Crippen molar-refractivity contribution >= 4 is 0 Å². The predicted molar refractivity (Wildman–Crippen MR) is 91.0 cm³/mol. The van der Waals surface area contributed by atoms with Crippen LogP contribution in [0.1, 0.15) is 43.7 Å². The summed E-state index contributed by atoms with van der Waals surface area (Å²) in [7, 11) is 3.29. The number of fused-ring (bicyclic) bond motifs is 1. The SMILES string of the molecule is COc1ccc([C@H]2[C@@H]3CCCC[C@]3(O)CCN2CC#N)c(OC)c1. The van der Waals surface area contributed by atoms with Gasteiger partial charge in [0, 0.05) is 30.1 Å². The fourth-order valence-corrected chi connectivity index (χ4v) is 4.49. The molecule has 2 aliphatic rings. The van der Waals surface area contributed by atoms with Crippen LogP contribution in [0.25, 0.3) is 0 Å². The molecule has 1 N–H and O–H groups in total. The monoisotopic (exact) mass is 330 g/mol. The summed E-state index contributed by atoms with van der Waals surface area (Å²) >= 11 is 0. The third-order valence-electron chi connectivity index (χ3n) is 5.70. The Bertz CT molecular complexity index is 628. The first-order valence-corrected chi connectivity index (χ1v) is 8.68. The second-order valence-electron chi connectivity index (χ2n) is 6.89. The number of aliphatic hydroxyl groups is 1. The molecule has 0 radical (unpaired) electrons. The number of hydrogen-bond donors (Lipinski definition) is 1. The summed E-state index contributed by atoms with van der Waals surface area (Å²) in [5.74, 6) is 1.64. The molecule has 1 saturated heterocycles. The Kier molecular flexibility index (Phi) is 4.98. The van der Waals surface area contributed by atoms with E-state index in [2.05, 4.69) is 11.0 Å². The van der Waals surface area contributed by atoms with Crippen LogP contribution >= 0.6 is 0 Å². The summed E-state index contributed by atoms with van der Waals surface area (Å²) in [6, 6.07) is 8.12. The van der Waals surface area contributed by atoms with Crippen molar-refractivity contribution in [2.24, 2.45) is 5.92 Å². The molecule has 0 spiro atoms. The number of nitriles is 1. The summed E-state index contributed by atoms with van der Waals surface area (Å²) in [6.07, 6.45) is 4.79. The zero-order valence-corrected chi connectivity index (χ0v) is 14.5. The first-order chi connectivity index (χ1) is 11.6. The number of rotatable bonds is 4. The number of methoxy groups -OCH3 is 2. The highest BCUT2D eigenvalue weighted by atomic mass is 16.5. The maximum Gasteiger partial charge on any atom is 0.127 e. The molecular weight excluding hydrogens is 304 g/mol. The van der Waals surface area contributed by atoms with Crippen LogP contribution in [0.5, 0.6) is 11.5 Å². The number of benzene rings is 1. The topological polar surface area (TPSA) is 65.7 Å². The molecule has 5 nitrogen and oxygen atoms in total. The summed E-state index contributed by atoms with van der Waals surface area (Å²) in [5, 5.41) is 20.4. The van der Waals surface area contributed by atoms with Gasteiger partial charge in [0.15, 0.2) is 0 Å². The van der Waals surface area contributed by atoms with Crippen LogP contribution < -0.4 is 9.47 Å². The van der Waals surface area contributed by atoms with Crippen LogP contribution in [0.15, 0.2) is 18.2 Å². The van der Waals surface area contributed by atoms with Gasteiger partial charge in [-0.25, -0.2) is 0 Å². The Morgan fingerprint density at radius 1 is 1.29 bits per heavy atom. The summed E-state index contributed by atoms with van der Waals surface area (Å²) in [5.41, 5.74) is 0.415. The van der Waals surface area contributed by atoms with Crippen molar-refractivity contribution in [3.8, 4) is 17.6 Å². The highest BCUT2D eigenvalue weighted by Crippen LogP contribution is 2.51. The van der Waals surface area contributed by atoms with E-state index in [1.807, 2.05) is 18.2 Å². The fourth-order valence-electron chi connectivity index (χ4n) is 4.49. The highest BCUT2D eigenvalue weighted by molar-refractivity contribution is 5.43. The van der Waals surface area contributed by atoms with Crippen molar-refractivity contribution < 1.29 is 14.6 Å². The van der Waals surface area contributed by atoms with Crippen molar-refractivity contribution in [2.75, 3.05) is 27.3 Å². The molecule has 0 amide bonds. The smallest absolute Gasteiger partial charge is 0.127 e. The number of ether oxygens (including phenoxy) is 2. The van der Waals surface area contributed by atoms with E-state index in [9.17, 15) is 10.4 Å². The molecule has 3 atom stereocenters. The molecule has 130 valence electrons. The molecule has 1 saturated carbocycles. The van der Waals surface area contributed by atoms with Gasteiger partial charge in [-0.2, -0.15) is 5.26 Å². The average molecular weight is 330 g/mol. The van der Waals surface area contributed by atoms with E-state index in [0.29, 0.717) is 6.54 Å². The van der Waals surface area contributed by atoms with Crippen LogP contribution in [0, 0.1) is 17.2 Å². The Hall–Kier alpha value is -1.77. The minimum Gasteiger partial charge on any atom is -0.497 e. The van der Waals surface area contributed by atoms with E-state index in [1.54, 1.807) is 14.2 Å². The third-order valence-corrected chi connectivity index (χ3v) is 5.70. The largest absolute Gasteiger partial charge is 0.497 e. The van der Waals surface area contributed by atoms with Crippen molar-refractivity contribution in [1.29, 1.82) is 5.26 Å². The van der Waals surface area contributed by atoms with Gasteiger partial charge in [0.25, 0.3) is 0 Å². The van der Waals surface area contributed by atoms with Crippen molar-refractivity contribution in [2.45, 2.75) is 43.7 Å². The van der Waals surface area contributed by atoms with Crippen LogP contribution in [-0.2, 0) is 0 Å². The lowest BCUT2D eigenvalue weighted by atomic mass is 9.66. The van der Waals surface area contributed by atoms with Crippen molar-refractivity contribution in [3.63, 3.8) is 0 Å². The molecule has 0 unspecified atom stereocenters. The normalized spacial score (nSPS) is 30.2. The van der Waals surface area contributed by atoms with Gasteiger partial charge in [0.05, 0.1) is 32.4 Å². The number of piperidine rings is 1. The second-order valence-corrected chi connectivity index (χ2v) is 6.89. The van der Waals surface area contributed by atoms with E-state index in [-0.39, 0.29) is 12.0 Å². The lowest BCUT2D eigenvalue weighted by Crippen LogP contribution is -2.54. The predicted octanol–water partition coefficient (Wildman–Crippen LogP) is 2.90. The summed E-state index contributed by atoms with van der Waals surface area (Å²) < 4.78 is 10.9. The van der Waals surface area contributed by atoms with Gasteiger partial charge in [-0.15, -0.1) is 0 Å². The van der Waals surface area contributed by atoms with Gasteiger partial charge in [0.1, 0.15) is 11.5 Å². The molecular formula is C19H26N2O3. The third kappa shape index (κ3) is 2.97. The van der Waals surface area contributed by atoms with Gasteiger partial charge < -0.3 is 14.6 Å². The quantitative estimate of drug-likeness (QED) is 0.860. The zero-order valence-electron chi connectivity index (χ0n) is 14.5. The van der Waals surface area contributed by atoms with E-state index >= 15 is 0 Å². The molecule has 1 aromatic carbocycles. The lowest BCUT2D eigenvalue weighted by Gasteiger charge is -2.52. The number of nitrogens with zero attached hydrogens (tertiary/aromatic N) is 2. The molecule has 1 heterocycles. The molecule has 3 rings (SSSR count). The fraction of sp³-hybridized carbons (Fsp3) is 0.632. The van der Waals surface area contributed by atoms with Gasteiger partial charge in [-0.05, 0) is 25.3 Å². The molecule has 24 heavy (non-hydrogen) atoms. The molecule has 1 aromatic rings. The number of hydrogen-bond acceptors (Lipinski definition) is 5. The van der Waals surface area contributed by atoms with Crippen LogP contribution in [0.2, 0.25) is 0 Å². The van der Waals surface area contributed by atoms with E-state index < -0.39 is 5.60 Å². The molecule has 1 aliphatic carbocycles. The highest BCUT2D eigenvalue weighted by Gasteiger charge is 2.49. The van der Waals surface area contributed by atoms with Crippen molar-refractivity contribution in [3.05, 3.63) is 23.8 Å². The zero-order chi connectivity index (χ0) is 17.2. The van der Waals surface area contributed by atoms with Gasteiger partial charge in [-0.1, -0.05) is 18.9 Å². The van der Waals surface area contributed by atoms with Gasteiger partial charge in [0.2, 0.25) is 0 Å². The molecule has 2 fully saturated rings. The standard InChI is InChI=1S/C19H26N2O3/c1-23-14-6-7-15(17(13-14)24-2)18-16-5-3-4-8-19(16,22)9-11-21(18)12-10-20/h6-7,13,16,18,22H,3-5,8-9,11-12H2,1-2H3/t16-,18-,19-/m0/s1. The summed E-state index contributed by atoms with van der Waals surface area (Å²) in [6.45, 7) is 1.10. The molecule has 0 aromatic heterocycles. The van der Waals surface area contributed by atoms with Crippen molar-refractivity contribution in [1.82, 2.24) is 4.90 Å². The van der Waals surface area contributed by atoms with E-state index in [1.165, 1.54) is 0 Å². The molecule has 5 heteroatoms. The maximum absolute atomic E-state index is 11.2. The maximum atomic E-state index is 11.2. The Morgan fingerprint density at radius 2 is 2.12 bits per heavy atom. The Balaban J connectivity index is 2.04. The van der Waals surface area contributed by atoms with Gasteiger partial charge in [-0.3, -0.25) is 4.90 Å². The minimum absolute atomic E-state index is 0.00422.